The van der Waals surface area contributed by atoms with Gasteiger partial charge in [0.05, 0.1) is 18.7 Å². The largest absolute Gasteiger partial charge is 0.496 e. The quantitative estimate of drug-likeness (QED) is 0.424. The fourth-order valence-electron chi connectivity index (χ4n) is 1.81. The summed E-state index contributed by atoms with van der Waals surface area (Å²) in [5.74, 6) is 0.670. The maximum atomic E-state index is 12.0. The van der Waals surface area contributed by atoms with Crippen molar-refractivity contribution in [1.82, 2.24) is 5.32 Å². The Labute approximate surface area is 144 Å². The van der Waals surface area contributed by atoms with Gasteiger partial charge in [-0.25, -0.2) is 0 Å². The summed E-state index contributed by atoms with van der Waals surface area (Å²) in [6, 6.07) is 5.32. The lowest BCUT2D eigenvalue weighted by molar-refractivity contribution is -0.117. The molecule has 0 atom stereocenters. The summed E-state index contributed by atoms with van der Waals surface area (Å²) in [5, 5.41) is 11.9. The topological polar surface area (TPSA) is 80.6 Å². The normalized spacial score (nSPS) is 10.8. The number of nitrogens with one attached hydrogen (secondary N) is 1. The van der Waals surface area contributed by atoms with Crippen LogP contribution in [0.1, 0.15) is 12.0 Å². The molecule has 0 saturated carbocycles. The molecule has 0 bridgehead atoms. The van der Waals surface area contributed by atoms with E-state index >= 15 is 0 Å². The van der Waals surface area contributed by atoms with E-state index in [1.54, 1.807) is 26.4 Å². The molecule has 1 N–H and O–H groups in total. The van der Waals surface area contributed by atoms with Gasteiger partial charge in [0.1, 0.15) is 23.1 Å². The van der Waals surface area contributed by atoms with Crippen LogP contribution in [0.4, 0.5) is 0 Å². The predicted molar refractivity (Wildman–Crippen MR) is 90.3 cm³/mol. The van der Waals surface area contributed by atoms with E-state index in [2.05, 4.69) is 21.2 Å². The van der Waals surface area contributed by atoms with Crippen LogP contribution in [0.3, 0.4) is 0 Å². The second-order valence-corrected chi connectivity index (χ2v) is 5.36. The van der Waals surface area contributed by atoms with Gasteiger partial charge in [-0.15, -0.1) is 0 Å². The van der Waals surface area contributed by atoms with Crippen LogP contribution in [-0.2, 0) is 9.53 Å². The number of carbonyl (C=O) groups is 1. The van der Waals surface area contributed by atoms with E-state index in [1.807, 2.05) is 6.07 Å². The van der Waals surface area contributed by atoms with Gasteiger partial charge >= 0.3 is 0 Å². The van der Waals surface area contributed by atoms with Gasteiger partial charge in [-0.3, -0.25) is 4.79 Å². The number of nitriles is 1. The van der Waals surface area contributed by atoms with E-state index in [0.29, 0.717) is 41.1 Å². The second kappa shape index (κ2) is 9.87. The van der Waals surface area contributed by atoms with Crippen molar-refractivity contribution in [3.05, 3.63) is 27.7 Å². The van der Waals surface area contributed by atoms with Crippen molar-refractivity contribution in [3.63, 3.8) is 0 Å². The predicted octanol–water partition coefficient (Wildman–Crippen LogP) is 2.53. The molecule has 0 radical (unpaired) electrons. The number of carbonyl (C=O) groups excluding carboxylic acids is 1. The Hall–Kier alpha value is -2.04. The number of rotatable bonds is 8. The fourth-order valence-corrected chi connectivity index (χ4v) is 2.34. The smallest absolute Gasteiger partial charge is 0.261 e. The van der Waals surface area contributed by atoms with Gasteiger partial charge in [-0.2, -0.15) is 5.26 Å². The SMILES string of the molecule is COCCCNC(=O)/C(C#N)=C/c1cc(Br)c(OC)cc1OC. The van der Waals surface area contributed by atoms with Gasteiger partial charge in [0.15, 0.2) is 0 Å². The number of nitrogens with zero attached hydrogens (tertiary/aromatic N) is 1. The van der Waals surface area contributed by atoms with Gasteiger partial charge in [0.2, 0.25) is 0 Å². The van der Waals surface area contributed by atoms with Crippen LogP contribution in [0, 0.1) is 11.3 Å². The molecule has 1 aromatic carbocycles. The molecule has 0 unspecified atom stereocenters. The van der Waals surface area contributed by atoms with Crippen LogP contribution in [0.25, 0.3) is 6.08 Å². The van der Waals surface area contributed by atoms with Crippen molar-refractivity contribution >= 4 is 27.9 Å². The molecule has 0 aliphatic carbocycles. The summed E-state index contributed by atoms with van der Waals surface area (Å²) in [7, 11) is 4.65. The molecule has 0 aromatic heterocycles. The van der Waals surface area contributed by atoms with Crippen molar-refractivity contribution in [2.75, 3.05) is 34.5 Å². The molecule has 0 aliphatic rings. The minimum Gasteiger partial charge on any atom is -0.496 e. The van der Waals surface area contributed by atoms with Crippen LogP contribution >= 0.6 is 15.9 Å². The molecule has 1 rings (SSSR count). The maximum absolute atomic E-state index is 12.0. The van der Waals surface area contributed by atoms with Gasteiger partial charge < -0.3 is 19.5 Å². The first-order valence-corrected chi connectivity index (χ1v) is 7.67. The molecule has 23 heavy (non-hydrogen) atoms. The van der Waals surface area contributed by atoms with E-state index < -0.39 is 5.91 Å². The third-order valence-corrected chi connectivity index (χ3v) is 3.60. The third kappa shape index (κ3) is 5.58. The Bertz CT molecular complexity index is 623. The highest BCUT2D eigenvalue weighted by molar-refractivity contribution is 9.10. The first-order chi connectivity index (χ1) is 11.1. The monoisotopic (exact) mass is 382 g/mol. The zero-order valence-electron chi connectivity index (χ0n) is 13.3. The summed E-state index contributed by atoms with van der Waals surface area (Å²) < 4.78 is 16.1. The number of halogens is 1. The molecular weight excluding hydrogens is 364 g/mol. The van der Waals surface area contributed by atoms with E-state index in [0.717, 1.165) is 0 Å². The highest BCUT2D eigenvalue weighted by Crippen LogP contribution is 2.33. The highest BCUT2D eigenvalue weighted by atomic mass is 79.9. The molecule has 6 nitrogen and oxygen atoms in total. The zero-order chi connectivity index (χ0) is 17.2. The molecule has 0 aliphatic heterocycles. The lowest BCUT2D eigenvalue weighted by atomic mass is 10.1. The Balaban J connectivity index is 2.99. The van der Waals surface area contributed by atoms with Crippen molar-refractivity contribution in [3.8, 4) is 17.6 Å². The highest BCUT2D eigenvalue weighted by Gasteiger charge is 2.13. The van der Waals surface area contributed by atoms with Crippen LogP contribution in [0.5, 0.6) is 11.5 Å². The van der Waals surface area contributed by atoms with E-state index in [9.17, 15) is 10.1 Å². The summed E-state index contributed by atoms with van der Waals surface area (Å²) in [5.41, 5.74) is 0.599. The van der Waals surface area contributed by atoms with Crippen molar-refractivity contribution in [1.29, 1.82) is 5.26 Å². The Kier molecular flexibility index (Phi) is 8.16. The molecule has 1 amide bonds. The van der Waals surface area contributed by atoms with Gasteiger partial charge in [-0.1, -0.05) is 0 Å². The minimum absolute atomic E-state index is 0.00205. The van der Waals surface area contributed by atoms with E-state index in [1.165, 1.54) is 13.2 Å². The van der Waals surface area contributed by atoms with E-state index in [4.69, 9.17) is 14.2 Å². The number of amides is 1. The van der Waals surface area contributed by atoms with E-state index in [-0.39, 0.29) is 5.57 Å². The lowest BCUT2D eigenvalue weighted by Crippen LogP contribution is -2.26. The first kappa shape index (κ1) is 19.0. The Morgan fingerprint density at radius 3 is 2.57 bits per heavy atom. The third-order valence-electron chi connectivity index (χ3n) is 2.98. The first-order valence-electron chi connectivity index (χ1n) is 6.87. The Morgan fingerprint density at radius 1 is 1.30 bits per heavy atom. The summed E-state index contributed by atoms with van der Waals surface area (Å²) in [6.07, 6.45) is 2.16. The molecule has 0 spiro atoms. The number of ether oxygens (including phenoxy) is 3. The van der Waals surface area contributed by atoms with Crippen LogP contribution < -0.4 is 14.8 Å². The summed E-state index contributed by atoms with van der Waals surface area (Å²) in [4.78, 5) is 12.0. The van der Waals surface area contributed by atoms with Crippen LogP contribution in [-0.4, -0.2) is 40.4 Å². The number of methoxy groups -OCH3 is 3. The molecule has 0 saturated heterocycles. The molecule has 0 fully saturated rings. The average Bonchev–Trinajstić information content (AvgIpc) is 2.56. The van der Waals surface area contributed by atoms with Crippen LogP contribution in [0.15, 0.2) is 22.2 Å². The molecule has 124 valence electrons. The molecular formula is C16H19BrN2O4. The molecule has 0 heterocycles. The molecule has 1 aromatic rings. The minimum atomic E-state index is -0.433. The fraction of sp³-hybridized carbons (Fsp3) is 0.375. The second-order valence-electron chi connectivity index (χ2n) is 4.50. The Morgan fingerprint density at radius 2 is 2.00 bits per heavy atom. The summed E-state index contributed by atoms with van der Waals surface area (Å²) >= 11 is 3.37. The number of hydrogen-bond donors (Lipinski definition) is 1. The number of benzene rings is 1. The summed E-state index contributed by atoms with van der Waals surface area (Å²) in [6.45, 7) is 0.986. The zero-order valence-corrected chi connectivity index (χ0v) is 14.9. The average molecular weight is 383 g/mol. The lowest BCUT2D eigenvalue weighted by Gasteiger charge is -2.10. The van der Waals surface area contributed by atoms with Crippen molar-refractivity contribution in [2.24, 2.45) is 0 Å². The van der Waals surface area contributed by atoms with Crippen molar-refractivity contribution in [2.45, 2.75) is 6.42 Å². The maximum Gasteiger partial charge on any atom is 0.261 e. The molecule has 7 heteroatoms. The standard InChI is InChI=1S/C16H19BrN2O4/c1-21-6-4-5-19-16(20)12(10-18)7-11-8-13(17)15(23-3)9-14(11)22-2/h7-9H,4-6H2,1-3H3,(H,19,20)/b12-7+. The number of hydrogen-bond acceptors (Lipinski definition) is 5. The van der Waals surface area contributed by atoms with Gasteiger partial charge in [0.25, 0.3) is 5.91 Å². The van der Waals surface area contributed by atoms with Crippen molar-refractivity contribution < 1.29 is 19.0 Å². The van der Waals surface area contributed by atoms with Gasteiger partial charge in [0, 0.05) is 31.9 Å². The van der Waals surface area contributed by atoms with Crippen LogP contribution in [0.2, 0.25) is 0 Å². The van der Waals surface area contributed by atoms with Gasteiger partial charge in [-0.05, 0) is 34.5 Å².